The SMILES string of the molecule is Cc1ccc(NC(=O)C(C)OC(=O)CN2C(=O)c3ccc([N+](=O)[O-])cc3C2=O)cc1. The zero-order valence-electron chi connectivity index (χ0n) is 16.1. The van der Waals surface area contributed by atoms with Gasteiger partial charge in [-0.05, 0) is 32.0 Å². The molecule has 0 bridgehead atoms. The number of hydrogen-bond acceptors (Lipinski definition) is 7. The number of amides is 3. The smallest absolute Gasteiger partial charge is 0.326 e. The molecule has 0 saturated carbocycles. The molecule has 10 heteroatoms. The van der Waals surface area contributed by atoms with Crippen LogP contribution in [-0.2, 0) is 14.3 Å². The number of nitro benzene ring substituents is 1. The average Bonchev–Trinajstić information content (AvgIpc) is 2.94. The molecule has 0 radical (unpaired) electrons. The Balaban J connectivity index is 1.62. The number of ether oxygens (including phenoxy) is 1. The second-order valence-electron chi connectivity index (χ2n) is 6.67. The van der Waals surface area contributed by atoms with Crippen LogP contribution in [0.2, 0.25) is 0 Å². The third-order valence-electron chi connectivity index (χ3n) is 4.45. The lowest BCUT2D eigenvalue weighted by Gasteiger charge is -2.16. The number of non-ortho nitro benzene ring substituents is 1. The van der Waals surface area contributed by atoms with Gasteiger partial charge in [0.25, 0.3) is 23.4 Å². The Kier molecular flexibility index (Phi) is 5.58. The molecule has 3 amide bonds. The minimum atomic E-state index is -1.17. The fourth-order valence-electron chi connectivity index (χ4n) is 2.83. The van der Waals surface area contributed by atoms with E-state index in [2.05, 4.69) is 5.32 Å². The third-order valence-corrected chi connectivity index (χ3v) is 4.45. The van der Waals surface area contributed by atoms with E-state index in [1.807, 2.05) is 6.92 Å². The van der Waals surface area contributed by atoms with Crippen molar-refractivity contribution in [2.75, 3.05) is 11.9 Å². The Morgan fingerprint density at radius 1 is 1.10 bits per heavy atom. The number of nitro groups is 1. The van der Waals surface area contributed by atoms with E-state index >= 15 is 0 Å². The summed E-state index contributed by atoms with van der Waals surface area (Å²) in [4.78, 5) is 59.9. The standard InChI is InChI=1S/C20H17N3O7/c1-11-3-5-13(6-4-11)21-18(25)12(2)30-17(24)10-22-19(26)15-8-7-14(23(28)29)9-16(15)20(22)27/h3-9,12H,10H2,1-2H3,(H,21,25). The molecule has 2 aromatic rings. The first-order valence-electron chi connectivity index (χ1n) is 8.89. The van der Waals surface area contributed by atoms with Gasteiger partial charge in [-0.25, -0.2) is 0 Å². The van der Waals surface area contributed by atoms with Crippen LogP contribution in [0.15, 0.2) is 42.5 Å². The molecule has 1 atom stereocenters. The first-order valence-corrected chi connectivity index (χ1v) is 8.89. The lowest BCUT2D eigenvalue weighted by atomic mass is 10.1. The molecule has 30 heavy (non-hydrogen) atoms. The summed E-state index contributed by atoms with van der Waals surface area (Å²) in [6.45, 7) is 2.53. The van der Waals surface area contributed by atoms with Gasteiger partial charge in [-0.3, -0.25) is 34.2 Å². The number of hydrogen-bond donors (Lipinski definition) is 1. The molecule has 1 heterocycles. The molecule has 1 unspecified atom stereocenters. The van der Waals surface area contributed by atoms with Crippen molar-refractivity contribution in [3.05, 3.63) is 69.3 Å². The van der Waals surface area contributed by atoms with Crippen LogP contribution >= 0.6 is 0 Å². The molecule has 2 aromatic carbocycles. The number of carbonyl (C=O) groups excluding carboxylic acids is 4. The Morgan fingerprint density at radius 2 is 1.73 bits per heavy atom. The Hall–Kier alpha value is -4.08. The van der Waals surface area contributed by atoms with Crippen LogP contribution in [0.4, 0.5) is 11.4 Å². The molecule has 1 aliphatic heterocycles. The highest BCUT2D eigenvalue weighted by Gasteiger charge is 2.38. The maximum absolute atomic E-state index is 12.4. The number of rotatable bonds is 6. The van der Waals surface area contributed by atoms with Crippen LogP contribution in [0, 0.1) is 17.0 Å². The van der Waals surface area contributed by atoms with Gasteiger partial charge >= 0.3 is 5.97 Å². The fraction of sp³-hybridized carbons (Fsp3) is 0.200. The van der Waals surface area contributed by atoms with Crippen LogP contribution in [0.1, 0.15) is 33.2 Å². The lowest BCUT2D eigenvalue weighted by molar-refractivity contribution is -0.384. The van der Waals surface area contributed by atoms with Gasteiger partial charge in [-0.2, -0.15) is 0 Å². The molecular formula is C20H17N3O7. The molecule has 10 nitrogen and oxygen atoms in total. The van der Waals surface area contributed by atoms with Crippen molar-refractivity contribution in [3.63, 3.8) is 0 Å². The largest absolute Gasteiger partial charge is 0.451 e. The predicted octanol–water partition coefficient (Wildman–Crippen LogP) is 2.07. The van der Waals surface area contributed by atoms with E-state index in [4.69, 9.17) is 4.74 Å². The van der Waals surface area contributed by atoms with E-state index in [0.29, 0.717) is 10.6 Å². The summed E-state index contributed by atoms with van der Waals surface area (Å²) in [5, 5.41) is 13.5. The van der Waals surface area contributed by atoms with Crippen molar-refractivity contribution in [1.82, 2.24) is 4.90 Å². The van der Waals surface area contributed by atoms with Crippen molar-refractivity contribution in [1.29, 1.82) is 0 Å². The molecule has 0 aromatic heterocycles. The molecule has 154 valence electrons. The number of benzene rings is 2. The summed E-state index contributed by atoms with van der Waals surface area (Å²) in [5.41, 5.74) is 0.991. The average molecular weight is 411 g/mol. The molecule has 0 spiro atoms. The number of anilines is 1. The number of esters is 1. The Morgan fingerprint density at radius 3 is 2.37 bits per heavy atom. The first-order chi connectivity index (χ1) is 14.2. The van der Waals surface area contributed by atoms with Gasteiger partial charge in [0.05, 0.1) is 16.1 Å². The van der Waals surface area contributed by atoms with Gasteiger partial charge in [0.1, 0.15) is 6.54 Å². The van der Waals surface area contributed by atoms with Gasteiger partial charge in [0.15, 0.2) is 6.10 Å². The number of fused-ring (bicyclic) bond motifs is 1. The van der Waals surface area contributed by atoms with Crippen LogP contribution in [0.5, 0.6) is 0 Å². The molecule has 1 aliphatic rings. The van der Waals surface area contributed by atoms with Crippen molar-refractivity contribution < 1.29 is 28.8 Å². The quantitative estimate of drug-likeness (QED) is 0.333. The van der Waals surface area contributed by atoms with Gasteiger partial charge in [-0.15, -0.1) is 0 Å². The van der Waals surface area contributed by atoms with Gasteiger partial charge in [0.2, 0.25) is 0 Å². The third kappa shape index (κ3) is 4.17. The summed E-state index contributed by atoms with van der Waals surface area (Å²) in [6, 6.07) is 10.2. The molecule has 0 aliphatic carbocycles. The fourth-order valence-corrected chi connectivity index (χ4v) is 2.83. The highest BCUT2D eigenvalue weighted by molar-refractivity contribution is 6.22. The van der Waals surface area contributed by atoms with Crippen molar-refractivity contribution >= 4 is 35.1 Å². The second-order valence-corrected chi connectivity index (χ2v) is 6.67. The van der Waals surface area contributed by atoms with E-state index in [1.165, 1.54) is 6.92 Å². The number of imide groups is 1. The van der Waals surface area contributed by atoms with E-state index in [9.17, 15) is 29.3 Å². The van der Waals surface area contributed by atoms with Crippen LogP contribution in [-0.4, -0.2) is 46.2 Å². The maximum Gasteiger partial charge on any atom is 0.326 e. The van der Waals surface area contributed by atoms with Crippen LogP contribution in [0.3, 0.4) is 0 Å². The van der Waals surface area contributed by atoms with Crippen molar-refractivity contribution in [3.8, 4) is 0 Å². The topological polar surface area (TPSA) is 136 Å². The molecule has 0 saturated heterocycles. The normalized spacial score (nSPS) is 13.6. The monoisotopic (exact) mass is 411 g/mol. The summed E-state index contributed by atoms with van der Waals surface area (Å²) in [7, 11) is 0. The first kappa shape index (κ1) is 20.6. The van der Waals surface area contributed by atoms with E-state index in [0.717, 1.165) is 23.8 Å². The number of aryl methyl sites for hydroxylation is 1. The van der Waals surface area contributed by atoms with Gasteiger partial charge in [0, 0.05) is 17.8 Å². The number of nitrogens with one attached hydrogen (secondary N) is 1. The van der Waals surface area contributed by atoms with E-state index in [-0.39, 0.29) is 16.8 Å². The molecule has 0 fully saturated rings. The van der Waals surface area contributed by atoms with Crippen LogP contribution < -0.4 is 5.32 Å². The maximum atomic E-state index is 12.4. The summed E-state index contributed by atoms with van der Waals surface area (Å²) >= 11 is 0. The van der Waals surface area contributed by atoms with Gasteiger partial charge in [-0.1, -0.05) is 17.7 Å². The van der Waals surface area contributed by atoms with E-state index in [1.54, 1.807) is 24.3 Å². The highest BCUT2D eigenvalue weighted by Crippen LogP contribution is 2.26. The molecular weight excluding hydrogens is 394 g/mol. The molecule has 1 N–H and O–H groups in total. The summed E-state index contributed by atoms with van der Waals surface area (Å²) in [5.74, 6) is -3.15. The zero-order chi connectivity index (χ0) is 22.0. The van der Waals surface area contributed by atoms with Crippen molar-refractivity contribution in [2.24, 2.45) is 0 Å². The minimum absolute atomic E-state index is 0.0384. The minimum Gasteiger partial charge on any atom is -0.451 e. The molecule has 3 rings (SSSR count). The second kappa shape index (κ2) is 8.11. The van der Waals surface area contributed by atoms with E-state index < -0.39 is 41.3 Å². The number of carbonyl (C=O) groups is 4. The lowest BCUT2D eigenvalue weighted by Crippen LogP contribution is -2.38. The Bertz CT molecular complexity index is 1060. The van der Waals surface area contributed by atoms with Crippen molar-refractivity contribution in [2.45, 2.75) is 20.0 Å². The highest BCUT2D eigenvalue weighted by atomic mass is 16.6. The Labute approximate surface area is 170 Å². The summed E-state index contributed by atoms with van der Waals surface area (Å²) < 4.78 is 5.02. The zero-order valence-corrected chi connectivity index (χ0v) is 16.1. The van der Waals surface area contributed by atoms with Gasteiger partial charge < -0.3 is 10.1 Å². The number of nitrogens with zero attached hydrogens (tertiary/aromatic N) is 2. The van der Waals surface area contributed by atoms with Crippen LogP contribution in [0.25, 0.3) is 0 Å². The predicted molar refractivity (Wildman–Crippen MR) is 104 cm³/mol. The summed E-state index contributed by atoms with van der Waals surface area (Å²) in [6.07, 6.45) is -1.17.